The summed E-state index contributed by atoms with van der Waals surface area (Å²) < 4.78 is 4.88. The lowest BCUT2D eigenvalue weighted by molar-refractivity contribution is -0.142. The smallest absolute Gasteiger partial charge is 0.314 e. The molecule has 1 aromatic carbocycles. The highest BCUT2D eigenvalue weighted by Crippen LogP contribution is 2.37. The number of fused-ring (bicyclic) bond motifs is 3. The van der Waals surface area contributed by atoms with E-state index in [0.29, 0.717) is 0 Å². The van der Waals surface area contributed by atoms with Gasteiger partial charge in [0.15, 0.2) is 0 Å². The third kappa shape index (κ3) is 1.70. The number of aromatic nitrogens is 1. The highest BCUT2D eigenvalue weighted by atomic mass is 35.5. The molecule has 3 rings (SSSR count). The third-order valence-electron chi connectivity index (χ3n) is 3.65. The predicted molar refractivity (Wildman–Crippen MR) is 71.0 cm³/mol. The van der Waals surface area contributed by atoms with Crippen LogP contribution in [0.4, 0.5) is 0 Å². The average molecular weight is 264 g/mol. The number of hydrogen-bond donors (Lipinski definition) is 1. The van der Waals surface area contributed by atoms with Gasteiger partial charge in [0.05, 0.1) is 13.0 Å². The summed E-state index contributed by atoms with van der Waals surface area (Å²) >= 11 is 6.04. The first-order valence-corrected chi connectivity index (χ1v) is 6.46. The van der Waals surface area contributed by atoms with E-state index in [0.717, 1.165) is 40.9 Å². The minimum Gasteiger partial charge on any atom is -0.469 e. The number of halogens is 1. The molecule has 94 valence electrons. The molecule has 0 spiro atoms. The molecule has 1 atom stereocenters. The summed E-state index contributed by atoms with van der Waals surface area (Å²) in [5.41, 5.74) is 3.26. The Labute approximate surface area is 110 Å². The van der Waals surface area contributed by atoms with Crippen LogP contribution in [-0.4, -0.2) is 18.1 Å². The molecule has 2 aromatic rings. The van der Waals surface area contributed by atoms with Crippen LogP contribution in [0.25, 0.3) is 10.9 Å². The molecule has 18 heavy (non-hydrogen) atoms. The molecular weight excluding hydrogens is 250 g/mol. The Bertz CT molecular complexity index is 618. The van der Waals surface area contributed by atoms with Gasteiger partial charge in [-0.2, -0.15) is 0 Å². The number of methoxy groups -OCH3 is 1. The van der Waals surface area contributed by atoms with Crippen molar-refractivity contribution in [2.75, 3.05) is 7.11 Å². The molecule has 0 saturated carbocycles. The van der Waals surface area contributed by atoms with Crippen LogP contribution in [0, 0.1) is 0 Å². The highest BCUT2D eigenvalue weighted by molar-refractivity contribution is 6.31. The van der Waals surface area contributed by atoms with Gasteiger partial charge in [0.1, 0.15) is 0 Å². The van der Waals surface area contributed by atoms with Crippen molar-refractivity contribution < 1.29 is 9.53 Å². The van der Waals surface area contributed by atoms with Crippen molar-refractivity contribution in [2.45, 2.75) is 25.2 Å². The summed E-state index contributed by atoms with van der Waals surface area (Å²) in [5.74, 6) is -0.321. The first-order valence-electron chi connectivity index (χ1n) is 6.08. The summed E-state index contributed by atoms with van der Waals surface area (Å²) in [6.45, 7) is 0. The van der Waals surface area contributed by atoms with Gasteiger partial charge < -0.3 is 9.72 Å². The molecule has 0 bridgehead atoms. The Morgan fingerprint density at radius 3 is 3.11 bits per heavy atom. The maximum Gasteiger partial charge on any atom is 0.314 e. The number of carbonyl (C=O) groups excluding carboxylic acids is 1. The van der Waals surface area contributed by atoms with Crippen LogP contribution < -0.4 is 0 Å². The zero-order valence-corrected chi connectivity index (χ0v) is 10.9. The summed E-state index contributed by atoms with van der Waals surface area (Å²) in [7, 11) is 1.44. The van der Waals surface area contributed by atoms with E-state index in [1.54, 1.807) is 0 Å². The van der Waals surface area contributed by atoms with E-state index < -0.39 is 0 Å². The molecule has 1 aliphatic rings. The number of H-pyrrole nitrogens is 1. The SMILES string of the molecule is COC(=O)[C@H]1CCCc2c1[nH]c1ccc(Cl)cc21. The Morgan fingerprint density at radius 2 is 2.33 bits per heavy atom. The van der Waals surface area contributed by atoms with Crippen molar-refractivity contribution in [1.82, 2.24) is 4.98 Å². The van der Waals surface area contributed by atoms with E-state index >= 15 is 0 Å². The van der Waals surface area contributed by atoms with Gasteiger partial charge in [0.25, 0.3) is 0 Å². The van der Waals surface area contributed by atoms with Crippen LogP contribution in [-0.2, 0) is 16.0 Å². The van der Waals surface area contributed by atoms with Gasteiger partial charge in [0.2, 0.25) is 0 Å². The summed E-state index contributed by atoms with van der Waals surface area (Å²) in [5, 5.41) is 1.86. The lowest BCUT2D eigenvalue weighted by atomic mass is 9.87. The van der Waals surface area contributed by atoms with Crippen LogP contribution in [0.15, 0.2) is 18.2 Å². The van der Waals surface area contributed by atoms with Gasteiger partial charge in [-0.1, -0.05) is 11.6 Å². The molecule has 3 nitrogen and oxygen atoms in total. The number of aryl methyl sites for hydroxylation is 1. The minimum absolute atomic E-state index is 0.159. The Hall–Kier alpha value is -1.48. The second-order valence-corrected chi connectivity index (χ2v) is 5.11. The number of nitrogens with one attached hydrogen (secondary N) is 1. The number of esters is 1. The van der Waals surface area contributed by atoms with E-state index in [-0.39, 0.29) is 11.9 Å². The van der Waals surface area contributed by atoms with E-state index in [1.165, 1.54) is 12.7 Å². The maximum atomic E-state index is 11.8. The van der Waals surface area contributed by atoms with Crippen LogP contribution >= 0.6 is 11.6 Å². The fourth-order valence-corrected chi connectivity index (χ4v) is 2.98. The first kappa shape index (κ1) is 11.6. The van der Waals surface area contributed by atoms with Gasteiger partial charge in [-0.3, -0.25) is 4.79 Å². The topological polar surface area (TPSA) is 42.1 Å². The molecule has 1 aromatic heterocycles. The minimum atomic E-state index is -0.162. The first-order chi connectivity index (χ1) is 8.70. The van der Waals surface area contributed by atoms with Crippen molar-refractivity contribution >= 4 is 28.5 Å². The van der Waals surface area contributed by atoms with Crippen molar-refractivity contribution in [2.24, 2.45) is 0 Å². The Balaban J connectivity index is 2.18. The molecule has 1 N–H and O–H groups in total. The Kier molecular flexibility index (Phi) is 2.78. The van der Waals surface area contributed by atoms with Crippen LogP contribution in [0.1, 0.15) is 30.0 Å². The van der Waals surface area contributed by atoms with Gasteiger partial charge in [0, 0.05) is 21.6 Å². The lowest BCUT2D eigenvalue weighted by Crippen LogP contribution is -2.19. The fourth-order valence-electron chi connectivity index (χ4n) is 2.81. The van der Waals surface area contributed by atoms with Crippen molar-refractivity contribution in [3.05, 3.63) is 34.5 Å². The Morgan fingerprint density at radius 1 is 1.50 bits per heavy atom. The highest BCUT2D eigenvalue weighted by Gasteiger charge is 2.30. The van der Waals surface area contributed by atoms with E-state index in [9.17, 15) is 4.79 Å². The van der Waals surface area contributed by atoms with E-state index in [1.807, 2.05) is 18.2 Å². The molecule has 0 unspecified atom stereocenters. The van der Waals surface area contributed by atoms with E-state index in [4.69, 9.17) is 16.3 Å². The van der Waals surface area contributed by atoms with Crippen LogP contribution in [0.2, 0.25) is 5.02 Å². The van der Waals surface area contributed by atoms with Gasteiger partial charge in [-0.25, -0.2) is 0 Å². The zero-order chi connectivity index (χ0) is 12.7. The zero-order valence-electron chi connectivity index (χ0n) is 10.1. The fraction of sp³-hybridized carbons (Fsp3) is 0.357. The molecule has 0 saturated heterocycles. The second-order valence-electron chi connectivity index (χ2n) is 4.68. The van der Waals surface area contributed by atoms with Crippen molar-refractivity contribution in [1.29, 1.82) is 0 Å². The molecule has 1 aliphatic carbocycles. The number of ether oxygens (including phenoxy) is 1. The predicted octanol–water partition coefficient (Wildman–Crippen LogP) is 3.41. The quantitative estimate of drug-likeness (QED) is 0.801. The molecule has 0 aliphatic heterocycles. The molecule has 0 fully saturated rings. The van der Waals surface area contributed by atoms with Crippen molar-refractivity contribution in [3.8, 4) is 0 Å². The van der Waals surface area contributed by atoms with Crippen LogP contribution in [0.3, 0.4) is 0 Å². The van der Waals surface area contributed by atoms with Gasteiger partial charge in [-0.05, 0) is 43.0 Å². The molecule has 0 amide bonds. The second kappa shape index (κ2) is 4.32. The number of benzene rings is 1. The van der Waals surface area contributed by atoms with Gasteiger partial charge in [-0.15, -0.1) is 0 Å². The van der Waals surface area contributed by atoms with Crippen LogP contribution in [0.5, 0.6) is 0 Å². The third-order valence-corrected chi connectivity index (χ3v) is 3.89. The summed E-state index contributed by atoms with van der Waals surface area (Å²) in [6, 6.07) is 5.79. The van der Waals surface area contributed by atoms with Crippen molar-refractivity contribution in [3.63, 3.8) is 0 Å². The number of hydrogen-bond acceptors (Lipinski definition) is 2. The normalized spacial score (nSPS) is 18.7. The molecule has 1 heterocycles. The molecular formula is C14H14ClNO2. The monoisotopic (exact) mass is 263 g/mol. The van der Waals surface area contributed by atoms with E-state index in [2.05, 4.69) is 4.98 Å². The molecule has 4 heteroatoms. The largest absolute Gasteiger partial charge is 0.469 e. The average Bonchev–Trinajstić information content (AvgIpc) is 2.75. The number of rotatable bonds is 1. The summed E-state index contributed by atoms with van der Waals surface area (Å²) in [6.07, 6.45) is 2.84. The summed E-state index contributed by atoms with van der Waals surface area (Å²) in [4.78, 5) is 15.2. The number of carbonyl (C=O) groups is 1. The standard InChI is InChI=1S/C14H14ClNO2/c1-18-14(17)10-4-2-3-9-11-7-8(15)5-6-12(11)16-13(9)10/h5-7,10,16H,2-4H2,1H3/t10-/m0/s1. The number of aromatic amines is 1. The molecule has 0 radical (unpaired) electrons. The lowest BCUT2D eigenvalue weighted by Gasteiger charge is -2.20. The maximum absolute atomic E-state index is 11.8. The van der Waals surface area contributed by atoms with Gasteiger partial charge >= 0.3 is 5.97 Å².